The normalized spacial score (nSPS) is 17.5. The minimum atomic E-state index is -0.922. The zero-order valence-corrected chi connectivity index (χ0v) is 19.2. The quantitative estimate of drug-likeness (QED) is 0.350. The summed E-state index contributed by atoms with van der Waals surface area (Å²) in [6, 6.07) is 15.1. The van der Waals surface area contributed by atoms with E-state index < -0.39 is 17.7 Å². The predicted octanol–water partition coefficient (Wildman–Crippen LogP) is 4.60. The largest absolute Gasteiger partial charge is 0.507 e. The number of carbonyl (C=O) groups is 2. The minimum absolute atomic E-state index is 0.0464. The summed E-state index contributed by atoms with van der Waals surface area (Å²) in [5.41, 5.74) is 2.64. The molecule has 1 fully saturated rings. The Bertz CT molecular complexity index is 1250. The number of aryl methyl sites for hydroxylation is 2. The molecule has 7 nitrogen and oxygen atoms in total. The molecule has 0 saturated carbocycles. The van der Waals surface area contributed by atoms with E-state index >= 15 is 0 Å². The first-order valence-electron chi connectivity index (χ1n) is 10.5. The second-order valence-electron chi connectivity index (χ2n) is 8.23. The summed E-state index contributed by atoms with van der Waals surface area (Å²) < 4.78 is 11.2. The molecule has 1 N–H and O–H groups in total. The molecule has 1 atom stereocenters. The average molecular weight is 447 g/mol. The van der Waals surface area contributed by atoms with E-state index in [9.17, 15) is 14.7 Å². The first-order chi connectivity index (χ1) is 15.7. The highest BCUT2D eigenvalue weighted by Gasteiger charge is 2.48. The number of amides is 1. The van der Waals surface area contributed by atoms with Crippen LogP contribution < -0.4 is 14.5 Å². The molecule has 0 spiro atoms. The van der Waals surface area contributed by atoms with Gasteiger partial charge in [-0.1, -0.05) is 11.6 Å². The summed E-state index contributed by atoms with van der Waals surface area (Å²) in [4.78, 5) is 29.8. The molecule has 2 heterocycles. The molecule has 1 aliphatic rings. The second-order valence-corrected chi connectivity index (χ2v) is 8.23. The SMILES string of the molecule is COc1ccc(C)cc1/C(O)=C1\C(=O)C(=O)N(c2ccc(N(C)C)cc2)C1c1ccc(C)o1. The van der Waals surface area contributed by atoms with Crippen molar-refractivity contribution in [2.24, 2.45) is 0 Å². The highest BCUT2D eigenvalue weighted by atomic mass is 16.5. The van der Waals surface area contributed by atoms with E-state index in [2.05, 4.69) is 0 Å². The van der Waals surface area contributed by atoms with Crippen LogP contribution in [0.25, 0.3) is 5.76 Å². The van der Waals surface area contributed by atoms with Gasteiger partial charge in [-0.2, -0.15) is 0 Å². The summed E-state index contributed by atoms with van der Waals surface area (Å²) in [6.07, 6.45) is 0. The molecule has 33 heavy (non-hydrogen) atoms. The topological polar surface area (TPSA) is 83.2 Å². The first kappa shape index (κ1) is 22.2. The second kappa shape index (κ2) is 8.50. The number of ketones is 1. The lowest BCUT2D eigenvalue weighted by atomic mass is 9.97. The maximum absolute atomic E-state index is 13.3. The maximum atomic E-state index is 13.3. The molecule has 1 aliphatic heterocycles. The van der Waals surface area contributed by atoms with Gasteiger partial charge in [0.1, 0.15) is 29.1 Å². The van der Waals surface area contributed by atoms with Crippen molar-refractivity contribution in [2.45, 2.75) is 19.9 Å². The van der Waals surface area contributed by atoms with E-state index in [1.165, 1.54) is 12.0 Å². The number of anilines is 2. The predicted molar refractivity (Wildman–Crippen MR) is 127 cm³/mol. The van der Waals surface area contributed by atoms with Crippen molar-refractivity contribution in [3.05, 3.63) is 82.8 Å². The summed E-state index contributed by atoms with van der Waals surface area (Å²) in [7, 11) is 5.32. The number of carbonyl (C=O) groups excluding carboxylic acids is 2. The average Bonchev–Trinajstić information content (AvgIpc) is 3.34. The molecule has 7 heteroatoms. The third kappa shape index (κ3) is 3.86. The molecule has 1 amide bonds. The fraction of sp³-hybridized carbons (Fsp3) is 0.231. The van der Waals surface area contributed by atoms with Crippen LogP contribution in [0.2, 0.25) is 0 Å². The molecule has 1 unspecified atom stereocenters. The van der Waals surface area contributed by atoms with Crippen molar-refractivity contribution >= 4 is 28.8 Å². The van der Waals surface area contributed by atoms with Crippen LogP contribution in [-0.2, 0) is 9.59 Å². The lowest BCUT2D eigenvalue weighted by Crippen LogP contribution is -2.29. The number of hydrogen-bond acceptors (Lipinski definition) is 6. The van der Waals surface area contributed by atoms with Crippen LogP contribution in [0.5, 0.6) is 5.75 Å². The number of Topliss-reactive ketones (excluding diaryl/α,β-unsaturated/α-hetero) is 1. The van der Waals surface area contributed by atoms with Crippen LogP contribution in [0.4, 0.5) is 11.4 Å². The number of aliphatic hydroxyl groups is 1. The number of ether oxygens (including phenoxy) is 1. The summed E-state index contributed by atoms with van der Waals surface area (Å²) >= 11 is 0. The van der Waals surface area contributed by atoms with Gasteiger partial charge in [-0.15, -0.1) is 0 Å². The van der Waals surface area contributed by atoms with Crippen molar-refractivity contribution in [1.29, 1.82) is 0 Å². The van der Waals surface area contributed by atoms with E-state index in [1.54, 1.807) is 43.3 Å². The zero-order chi connectivity index (χ0) is 23.9. The number of benzene rings is 2. The molecule has 4 rings (SSSR count). The fourth-order valence-electron chi connectivity index (χ4n) is 4.03. The Kier molecular flexibility index (Phi) is 5.72. The van der Waals surface area contributed by atoms with Gasteiger partial charge in [-0.25, -0.2) is 0 Å². The molecular weight excluding hydrogens is 420 g/mol. The third-order valence-corrected chi connectivity index (χ3v) is 5.73. The van der Waals surface area contributed by atoms with Gasteiger partial charge >= 0.3 is 0 Å². The van der Waals surface area contributed by atoms with Gasteiger partial charge in [0.2, 0.25) is 0 Å². The molecule has 0 bridgehead atoms. The number of rotatable bonds is 5. The van der Waals surface area contributed by atoms with Crippen molar-refractivity contribution < 1.29 is 23.8 Å². The minimum Gasteiger partial charge on any atom is -0.507 e. The Hall–Kier alpha value is -4.00. The molecule has 170 valence electrons. The van der Waals surface area contributed by atoms with Gasteiger partial charge in [-0.05, 0) is 62.4 Å². The van der Waals surface area contributed by atoms with Crippen LogP contribution in [0.15, 0.2) is 64.6 Å². The molecule has 2 aromatic carbocycles. The monoisotopic (exact) mass is 446 g/mol. The van der Waals surface area contributed by atoms with Gasteiger partial charge in [-0.3, -0.25) is 14.5 Å². The van der Waals surface area contributed by atoms with Gasteiger partial charge in [0.05, 0.1) is 18.2 Å². The van der Waals surface area contributed by atoms with E-state index in [4.69, 9.17) is 9.15 Å². The molecular formula is C26H26N2O5. The number of hydrogen-bond donors (Lipinski definition) is 1. The van der Waals surface area contributed by atoms with Crippen LogP contribution >= 0.6 is 0 Å². The summed E-state index contributed by atoms with van der Waals surface area (Å²) in [5, 5.41) is 11.3. The molecule has 0 radical (unpaired) electrons. The van der Waals surface area contributed by atoms with Gasteiger partial charge < -0.3 is 19.2 Å². The molecule has 0 aliphatic carbocycles. The van der Waals surface area contributed by atoms with Gasteiger partial charge in [0.25, 0.3) is 11.7 Å². The Morgan fingerprint density at radius 1 is 1.03 bits per heavy atom. The Balaban J connectivity index is 1.93. The summed E-state index contributed by atoms with van der Waals surface area (Å²) in [6.45, 7) is 3.65. The lowest BCUT2D eigenvalue weighted by molar-refractivity contribution is -0.132. The Morgan fingerprint density at radius 2 is 1.73 bits per heavy atom. The fourth-order valence-corrected chi connectivity index (χ4v) is 4.03. The number of methoxy groups -OCH3 is 1. The number of furan rings is 1. The van der Waals surface area contributed by atoms with E-state index in [-0.39, 0.29) is 11.3 Å². The number of aliphatic hydroxyl groups excluding tert-OH is 1. The van der Waals surface area contributed by atoms with Crippen LogP contribution in [0, 0.1) is 13.8 Å². The first-order valence-corrected chi connectivity index (χ1v) is 10.5. The van der Waals surface area contributed by atoms with Crippen LogP contribution in [0.3, 0.4) is 0 Å². The van der Waals surface area contributed by atoms with Gasteiger partial charge in [0, 0.05) is 25.5 Å². The van der Waals surface area contributed by atoms with E-state index in [1.807, 2.05) is 44.1 Å². The van der Waals surface area contributed by atoms with Crippen LogP contribution in [-0.4, -0.2) is 38.0 Å². The summed E-state index contributed by atoms with van der Waals surface area (Å²) in [5.74, 6) is -0.413. The van der Waals surface area contributed by atoms with Crippen molar-refractivity contribution in [3.8, 4) is 5.75 Å². The van der Waals surface area contributed by atoms with Crippen molar-refractivity contribution in [1.82, 2.24) is 0 Å². The Morgan fingerprint density at radius 3 is 2.30 bits per heavy atom. The maximum Gasteiger partial charge on any atom is 0.300 e. The zero-order valence-electron chi connectivity index (χ0n) is 19.2. The van der Waals surface area contributed by atoms with E-state index in [0.717, 1.165) is 11.3 Å². The number of nitrogens with zero attached hydrogens (tertiary/aromatic N) is 2. The highest BCUT2D eigenvalue weighted by Crippen LogP contribution is 2.44. The Labute approximate surface area is 192 Å². The van der Waals surface area contributed by atoms with E-state index in [0.29, 0.717) is 28.5 Å². The molecule has 1 saturated heterocycles. The molecule has 3 aromatic rings. The molecule has 1 aromatic heterocycles. The standard InChI is InChI=1S/C26H26N2O5/c1-15-6-12-20(32-5)19(14-15)24(29)22-23(21-13-7-16(2)33-21)28(26(31)25(22)30)18-10-8-17(9-11-18)27(3)4/h6-14,23,29H,1-5H3/b24-22+. The highest BCUT2D eigenvalue weighted by molar-refractivity contribution is 6.51. The van der Waals surface area contributed by atoms with Crippen molar-refractivity contribution in [3.63, 3.8) is 0 Å². The third-order valence-electron chi connectivity index (χ3n) is 5.73. The lowest BCUT2D eigenvalue weighted by Gasteiger charge is -2.24. The smallest absolute Gasteiger partial charge is 0.300 e. The van der Waals surface area contributed by atoms with Gasteiger partial charge in [0.15, 0.2) is 0 Å². The van der Waals surface area contributed by atoms with Crippen LogP contribution in [0.1, 0.15) is 28.7 Å². The van der Waals surface area contributed by atoms with Crippen molar-refractivity contribution in [2.75, 3.05) is 31.0 Å².